The number of nitrogens with zero attached hydrogens (tertiary/aromatic N) is 3. The molecule has 0 saturated carbocycles. The standard InChI is InChI=1S/C21H22FN3O4S/c1-27-15-11-13(12-16(28-2)19(15)29-3)20(26)24-7-9-25(10-8-24)21-23-18-14(22)5-4-6-17(18)30-21/h4-6,11-12H,7-10H2,1-3H3. The van der Waals surface area contributed by atoms with E-state index in [1.807, 2.05) is 6.07 Å². The highest BCUT2D eigenvalue weighted by molar-refractivity contribution is 7.22. The molecule has 1 aliphatic heterocycles. The molecular formula is C21H22FN3O4S. The van der Waals surface area contributed by atoms with E-state index < -0.39 is 0 Å². The minimum Gasteiger partial charge on any atom is -0.493 e. The second-order valence-electron chi connectivity index (χ2n) is 6.78. The number of amides is 1. The minimum atomic E-state index is -0.314. The summed E-state index contributed by atoms with van der Waals surface area (Å²) in [6.07, 6.45) is 0. The van der Waals surface area contributed by atoms with E-state index in [1.54, 1.807) is 23.1 Å². The molecule has 3 aromatic rings. The molecule has 1 fully saturated rings. The molecule has 7 nitrogen and oxygen atoms in total. The van der Waals surface area contributed by atoms with E-state index >= 15 is 0 Å². The van der Waals surface area contributed by atoms with Crippen molar-refractivity contribution in [2.75, 3.05) is 52.4 Å². The number of ether oxygens (including phenoxy) is 3. The Morgan fingerprint density at radius 2 is 1.70 bits per heavy atom. The molecule has 9 heteroatoms. The van der Waals surface area contributed by atoms with Crippen LogP contribution in [0.25, 0.3) is 10.2 Å². The number of anilines is 1. The number of thiazole rings is 1. The minimum absolute atomic E-state index is 0.107. The van der Waals surface area contributed by atoms with Crippen molar-refractivity contribution in [2.45, 2.75) is 0 Å². The van der Waals surface area contributed by atoms with Crippen molar-refractivity contribution < 1.29 is 23.4 Å². The molecule has 0 spiro atoms. The van der Waals surface area contributed by atoms with E-state index in [4.69, 9.17) is 14.2 Å². The van der Waals surface area contributed by atoms with E-state index in [9.17, 15) is 9.18 Å². The van der Waals surface area contributed by atoms with E-state index in [1.165, 1.54) is 38.7 Å². The molecule has 1 aromatic heterocycles. The summed E-state index contributed by atoms with van der Waals surface area (Å²) in [4.78, 5) is 21.4. The average molecular weight is 431 g/mol. The fourth-order valence-electron chi connectivity index (χ4n) is 3.53. The SMILES string of the molecule is COc1cc(C(=O)N2CCN(c3nc4c(F)cccc4s3)CC2)cc(OC)c1OC. The Morgan fingerprint density at radius 3 is 2.27 bits per heavy atom. The van der Waals surface area contributed by atoms with E-state index in [2.05, 4.69) is 9.88 Å². The highest BCUT2D eigenvalue weighted by Crippen LogP contribution is 2.38. The van der Waals surface area contributed by atoms with Crippen LogP contribution in [0.3, 0.4) is 0 Å². The Hall–Kier alpha value is -3.07. The third kappa shape index (κ3) is 3.60. The lowest BCUT2D eigenvalue weighted by Crippen LogP contribution is -2.48. The second-order valence-corrected chi connectivity index (χ2v) is 7.79. The van der Waals surface area contributed by atoms with Crippen molar-refractivity contribution in [3.8, 4) is 17.2 Å². The molecule has 30 heavy (non-hydrogen) atoms. The van der Waals surface area contributed by atoms with Crippen LogP contribution < -0.4 is 19.1 Å². The van der Waals surface area contributed by atoms with Gasteiger partial charge in [0.1, 0.15) is 11.3 Å². The fraction of sp³-hybridized carbons (Fsp3) is 0.333. The number of carbonyl (C=O) groups excluding carboxylic acids is 1. The molecule has 2 heterocycles. The lowest BCUT2D eigenvalue weighted by atomic mass is 10.1. The molecule has 1 amide bonds. The van der Waals surface area contributed by atoms with Crippen LogP contribution in [0.1, 0.15) is 10.4 Å². The topological polar surface area (TPSA) is 64.1 Å². The van der Waals surface area contributed by atoms with Crippen LogP contribution in [0.2, 0.25) is 0 Å². The smallest absolute Gasteiger partial charge is 0.254 e. The lowest BCUT2D eigenvalue weighted by Gasteiger charge is -2.34. The van der Waals surface area contributed by atoms with Gasteiger partial charge in [0.25, 0.3) is 5.91 Å². The number of aromatic nitrogens is 1. The molecule has 0 unspecified atom stereocenters. The summed E-state index contributed by atoms with van der Waals surface area (Å²) in [5.74, 6) is 0.908. The van der Waals surface area contributed by atoms with Crippen molar-refractivity contribution in [3.05, 3.63) is 41.7 Å². The number of piperazine rings is 1. The number of rotatable bonds is 5. The highest BCUT2D eigenvalue weighted by atomic mass is 32.1. The molecule has 0 bridgehead atoms. The van der Waals surface area contributed by atoms with Crippen LogP contribution in [-0.4, -0.2) is 63.3 Å². The van der Waals surface area contributed by atoms with Crippen LogP contribution in [0.4, 0.5) is 9.52 Å². The highest BCUT2D eigenvalue weighted by Gasteiger charge is 2.26. The van der Waals surface area contributed by atoms with Crippen molar-refractivity contribution in [2.24, 2.45) is 0 Å². The number of fused-ring (bicyclic) bond motifs is 1. The average Bonchev–Trinajstić information content (AvgIpc) is 3.23. The number of hydrogen-bond acceptors (Lipinski definition) is 7. The van der Waals surface area contributed by atoms with Gasteiger partial charge in [0.05, 0.1) is 26.0 Å². The summed E-state index contributed by atoms with van der Waals surface area (Å²) in [5.41, 5.74) is 0.869. The van der Waals surface area contributed by atoms with Crippen LogP contribution in [0.15, 0.2) is 30.3 Å². The first-order valence-corrected chi connectivity index (χ1v) is 10.3. The van der Waals surface area contributed by atoms with Crippen molar-refractivity contribution in [1.82, 2.24) is 9.88 Å². The Labute approximate surface area is 177 Å². The third-order valence-electron chi connectivity index (χ3n) is 5.11. The first kappa shape index (κ1) is 20.2. The zero-order chi connectivity index (χ0) is 21.3. The summed E-state index contributed by atoms with van der Waals surface area (Å²) in [7, 11) is 4.56. The van der Waals surface area contributed by atoms with Gasteiger partial charge in [-0.2, -0.15) is 0 Å². The number of methoxy groups -OCH3 is 3. The summed E-state index contributed by atoms with van der Waals surface area (Å²) < 4.78 is 30.8. The van der Waals surface area contributed by atoms with Crippen LogP contribution in [0, 0.1) is 5.82 Å². The quantitative estimate of drug-likeness (QED) is 0.617. The van der Waals surface area contributed by atoms with Gasteiger partial charge in [-0.1, -0.05) is 17.4 Å². The molecule has 2 aromatic carbocycles. The normalized spacial score (nSPS) is 14.1. The van der Waals surface area contributed by atoms with Gasteiger partial charge in [0.2, 0.25) is 5.75 Å². The van der Waals surface area contributed by atoms with Crippen molar-refractivity contribution >= 4 is 32.6 Å². The summed E-state index contributed by atoms with van der Waals surface area (Å²) >= 11 is 1.46. The zero-order valence-electron chi connectivity index (χ0n) is 17.0. The second kappa shape index (κ2) is 8.35. The van der Waals surface area contributed by atoms with Gasteiger partial charge < -0.3 is 24.0 Å². The Morgan fingerprint density at radius 1 is 1.03 bits per heavy atom. The lowest BCUT2D eigenvalue weighted by molar-refractivity contribution is 0.0746. The molecule has 4 rings (SSSR count). The monoisotopic (exact) mass is 431 g/mol. The fourth-order valence-corrected chi connectivity index (χ4v) is 4.56. The van der Waals surface area contributed by atoms with Gasteiger partial charge in [-0.15, -0.1) is 0 Å². The van der Waals surface area contributed by atoms with E-state index in [0.717, 1.165) is 9.83 Å². The van der Waals surface area contributed by atoms with Crippen LogP contribution in [-0.2, 0) is 0 Å². The van der Waals surface area contributed by atoms with Gasteiger partial charge in [-0.3, -0.25) is 4.79 Å². The van der Waals surface area contributed by atoms with Gasteiger partial charge >= 0.3 is 0 Å². The number of carbonyl (C=O) groups is 1. The maximum atomic E-state index is 13.9. The molecule has 1 saturated heterocycles. The number of para-hydroxylation sites is 1. The maximum Gasteiger partial charge on any atom is 0.254 e. The van der Waals surface area contributed by atoms with E-state index in [0.29, 0.717) is 54.5 Å². The predicted octanol–water partition coefficient (Wildman–Crippen LogP) is 3.42. The largest absolute Gasteiger partial charge is 0.493 e. The number of hydrogen-bond donors (Lipinski definition) is 0. The first-order chi connectivity index (χ1) is 14.5. The van der Waals surface area contributed by atoms with Crippen LogP contribution in [0.5, 0.6) is 17.2 Å². The third-order valence-corrected chi connectivity index (χ3v) is 6.19. The van der Waals surface area contributed by atoms with Crippen molar-refractivity contribution in [1.29, 1.82) is 0 Å². The first-order valence-electron chi connectivity index (χ1n) is 9.45. The molecule has 1 aliphatic rings. The van der Waals surface area contributed by atoms with Gasteiger partial charge in [0, 0.05) is 31.7 Å². The Bertz CT molecular complexity index is 1050. The molecule has 0 atom stereocenters. The molecule has 0 N–H and O–H groups in total. The Kier molecular flexibility index (Phi) is 5.63. The number of benzene rings is 2. The molecule has 158 valence electrons. The zero-order valence-corrected chi connectivity index (χ0v) is 17.8. The predicted molar refractivity (Wildman–Crippen MR) is 114 cm³/mol. The Balaban J connectivity index is 1.49. The molecule has 0 aliphatic carbocycles. The summed E-state index contributed by atoms with van der Waals surface area (Å²) in [6, 6.07) is 8.29. The maximum absolute atomic E-state index is 13.9. The van der Waals surface area contributed by atoms with Gasteiger partial charge in [0.15, 0.2) is 16.6 Å². The molecule has 0 radical (unpaired) electrons. The number of halogens is 1. The van der Waals surface area contributed by atoms with Gasteiger partial charge in [-0.25, -0.2) is 9.37 Å². The van der Waals surface area contributed by atoms with Crippen LogP contribution >= 0.6 is 11.3 Å². The molecular weight excluding hydrogens is 409 g/mol. The van der Waals surface area contributed by atoms with E-state index in [-0.39, 0.29) is 11.7 Å². The van der Waals surface area contributed by atoms with Crippen molar-refractivity contribution in [3.63, 3.8) is 0 Å². The summed E-state index contributed by atoms with van der Waals surface area (Å²) in [6.45, 7) is 2.32. The summed E-state index contributed by atoms with van der Waals surface area (Å²) in [5, 5.41) is 0.773. The van der Waals surface area contributed by atoms with Gasteiger partial charge in [-0.05, 0) is 24.3 Å².